The lowest BCUT2D eigenvalue weighted by Gasteiger charge is -2.17. The van der Waals surface area contributed by atoms with Gasteiger partial charge in [-0.15, -0.1) is 0 Å². The molecule has 20 heavy (non-hydrogen) atoms. The van der Waals surface area contributed by atoms with Crippen molar-refractivity contribution in [2.24, 2.45) is 0 Å². The van der Waals surface area contributed by atoms with Crippen LogP contribution in [0, 0.1) is 0 Å². The Balaban J connectivity index is 2.78. The Bertz CT molecular complexity index is 398. The first-order chi connectivity index (χ1) is 9.72. The van der Waals surface area contributed by atoms with Gasteiger partial charge in [0.1, 0.15) is 11.5 Å². The Hall–Kier alpha value is -1.31. The molecule has 0 aliphatic heterocycles. The highest BCUT2D eigenvalue weighted by Crippen LogP contribution is 2.28. The number of Topliss-reactive ketones (excluding diaryl/α,β-unsaturated/α-hetero) is 1. The zero-order valence-corrected chi connectivity index (χ0v) is 13.2. The van der Waals surface area contributed by atoms with Crippen LogP contribution in [0.4, 0.5) is 0 Å². The van der Waals surface area contributed by atoms with E-state index in [1.54, 1.807) is 7.11 Å². The van der Waals surface area contributed by atoms with E-state index in [-0.39, 0.29) is 5.92 Å². The molecule has 0 aliphatic carbocycles. The molecule has 0 unspecified atom stereocenters. The summed E-state index contributed by atoms with van der Waals surface area (Å²) in [6.45, 7) is 4.34. The molecule has 0 saturated carbocycles. The van der Waals surface area contributed by atoms with Crippen molar-refractivity contribution in [3.8, 4) is 5.75 Å². The van der Waals surface area contributed by atoms with Gasteiger partial charge in [-0.05, 0) is 30.5 Å². The van der Waals surface area contributed by atoms with Crippen molar-refractivity contribution < 1.29 is 9.53 Å². The molecule has 0 heterocycles. The molecule has 0 fully saturated rings. The molecule has 1 atom stereocenters. The third-order valence-electron chi connectivity index (χ3n) is 3.76. The molecule has 0 amide bonds. The second kappa shape index (κ2) is 9.57. The van der Waals surface area contributed by atoms with E-state index in [9.17, 15) is 4.79 Å². The standard InChI is InChI=1S/C18H28O2/c1-4-6-8-13-18(19)17(12-7-5-2)15-10-9-11-16(14-15)20-3/h9-11,14,17H,4-8,12-13H2,1-3H3/t17-/m0/s1. The Labute approximate surface area is 123 Å². The van der Waals surface area contributed by atoms with Crippen LogP contribution in [0.2, 0.25) is 0 Å². The largest absolute Gasteiger partial charge is 0.497 e. The Morgan fingerprint density at radius 3 is 2.55 bits per heavy atom. The van der Waals surface area contributed by atoms with E-state index < -0.39 is 0 Å². The SMILES string of the molecule is CCCCCC(=O)[C@@H](CCCC)c1cccc(OC)c1. The van der Waals surface area contributed by atoms with Crippen LogP contribution in [0.5, 0.6) is 5.75 Å². The Morgan fingerprint density at radius 1 is 1.15 bits per heavy atom. The van der Waals surface area contributed by atoms with Crippen LogP contribution in [0.1, 0.15) is 70.3 Å². The number of unbranched alkanes of at least 4 members (excludes halogenated alkanes) is 3. The van der Waals surface area contributed by atoms with Gasteiger partial charge in [0.2, 0.25) is 0 Å². The molecule has 0 spiro atoms. The van der Waals surface area contributed by atoms with E-state index in [2.05, 4.69) is 19.9 Å². The zero-order valence-electron chi connectivity index (χ0n) is 13.2. The molecule has 1 aromatic carbocycles. The van der Waals surface area contributed by atoms with Crippen LogP contribution in [-0.2, 0) is 4.79 Å². The molecule has 0 N–H and O–H groups in total. The highest BCUT2D eigenvalue weighted by atomic mass is 16.5. The lowest BCUT2D eigenvalue weighted by molar-refractivity contribution is -0.120. The number of ether oxygens (including phenoxy) is 1. The van der Waals surface area contributed by atoms with Gasteiger partial charge >= 0.3 is 0 Å². The van der Waals surface area contributed by atoms with Crippen molar-refractivity contribution in [2.45, 2.75) is 64.7 Å². The maximum atomic E-state index is 12.5. The lowest BCUT2D eigenvalue weighted by Crippen LogP contribution is -2.13. The highest BCUT2D eigenvalue weighted by Gasteiger charge is 2.19. The number of carbonyl (C=O) groups is 1. The van der Waals surface area contributed by atoms with E-state index in [0.29, 0.717) is 12.2 Å². The fourth-order valence-corrected chi connectivity index (χ4v) is 2.50. The van der Waals surface area contributed by atoms with Crippen molar-refractivity contribution in [2.75, 3.05) is 7.11 Å². The van der Waals surface area contributed by atoms with Gasteiger partial charge in [0.15, 0.2) is 0 Å². The van der Waals surface area contributed by atoms with Crippen LogP contribution in [0.3, 0.4) is 0 Å². The Kier molecular flexibility index (Phi) is 8.01. The third-order valence-corrected chi connectivity index (χ3v) is 3.76. The molecular formula is C18H28O2. The second-order valence-electron chi connectivity index (χ2n) is 5.39. The van der Waals surface area contributed by atoms with Gasteiger partial charge < -0.3 is 4.74 Å². The molecular weight excluding hydrogens is 248 g/mol. The molecule has 2 heteroatoms. The minimum Gasteiger partial charge on any atom is -0.497 e. The number of rotatable bonds is 10. The highest BCUT2D eigenvalue weighted by molar-refractivity contribution is 5.85. The molecule has 1 rings (SSSR count). The predicted octanol–water partition coefficient (Wildman–Crippen LogP) is 5.12. The molecule has 2 nitrogen and oxygen atoms in total. The first kappa shape index (κ1) is 16.7. The van der Waals surface area contributed by atoms with Gasteiger partial charge in [-0.2, -0.15) is 0 Å². The number of hydrogen-bond donors (Lipinski definition) is 0. The summed E-state index contributed by atoms with van der Waals surface area (Å²) in [7, 11) is 1.67. The number of carbonyl (C=O) groups excluding carboxylic acids is 1. The summed E-state index contributed by atoms with van der Waals surface area (Å²) in [5.41, 5.74) is 1.11. The molecule has 112 valence electrons. The van der Waals surface area contributed by atoms with Crippen molar-refractivity contribution in [3.63, 3.8) is 0 Å². The number of methoxy groups -OCH3 is 1. The van der Waals surface area contributed by atoms with Crippen molar-refractivity contribution >= 4 is 5.78 Å². The first-order valence-electron chi connectivity index (χ1n) is 7.89. The van der Waals surface area contributed by atoms with E-state index in [0.717, 1.165) is 49.8 Å². The van der Waals surface area contributed by atoms with Crippen molar-refractivity contribution in [1.29, 1.82) is 0 Å². The quantitative estimate of drug-likeness (QED) is 0.554. The van der Waals surface area contributed by atoms with Crippen LogP contribution in [0.15, 0.2) is 24.3 Å². The minimum atomic E-state index is 0.0434. The molecule has 1 aromatic rings. The van der Waals surface area contributed by atoms with Gasteiger partial charge in [-0.25, -0.2) is 0 Å². The monoisotopic (exact) mass is 276 g/mol. The summed E-state index contributed by atoms with van der Waals surface area (Å²) in [5.74, 6) is 1.27. The molecule has 0 aromatic heterocycles. The normalized spacial score (nSPS) is 12.2. The number of hydrogen-bond acceptors (Lipinski definition) is 2. The summed E-state index contributed by atoms with van der Waals surface area (Å²) < 4.78 is 5.28. The molecule has 0 radical (unpaired) electrons. The van der Waals surface area contributed by atoms with E-state index in [1.165, 1.54) is 0 Å². The fourth-order valence-electron chi connectivity index (χ4n) is 2.50. The van der Waals surface area contributed by atoms with Gasteiger partial charge in [-0.3, -0.25) is 4.79 Å². The maximum Gasteiger partial charge on any atom is 0.140 e. The van der Waals surface area contributed by atoms with Crippen LogP contribution in [-0.4, -0.2) is 12.9 Å². The maximum absolute atomic E-state index is 12.5. The smallest absolute Gasteiger partial charge is 0.140 e. The zero-order chi connectivity index (χ0) is 14.8. The average molecular weight is 276 g/mol. The van der Waals surface area contributed by atoms with Gasteiger partial charge in [0.05, 0.1) is 7.11 Å². The van der Waals surface area contributed by atoms with Gasteiger partial charge in [0.25, 0.3) is 0 Å². The molecule has 0 aliphatic rings. The number of benzene rings is 1. The summed E-state index contributed by atoms with van der Waals surface area (Å²) in [6, 6.07) is 7.98. The summed E-state index contributed by atoms with van der Waals surface area (Å²) in [5, 5.41) is 0. The minimum absolute atomic E-state index is 0.0434. The lowest BCUT2D eigenvalue weighted by atomic mass is 9.87. The predicted molar refractivity (Wildman–Crippen MR) is 84.4 cm³/mol. The molecule has 0 saturated heterocycles. The summed E-state index contributed by atoms with van der Waals surface area (Å²) in [4.78, 5) is 12.5. The Morgan fingerprint density at radius 2 is 1.90 bits per heavy atom. The average Bonchev–Trinajstić information content (AvgIpc) is 2.48. The topological polar surface area (TPSA) is 26.3 Å². The first-order valence-corrected chi connectivity index (χ1v) is 7.89. The summed E-state index contributed by atoms with van der Waals surface area (Å²) >= 11 is 0. The fraction of sp³-hybridized carbons (Fsp3) is 0.611. The summed E-state index contributed by atoms with van der Waals surface area (Å²) in [6.07, 6.45) is 7.20. The van der Waals surface area contributed by atoms with Crippen molar-refractivity contribution in [3.05, 3.63) is 29.8 Å². The van der Waals surface area contributed by atoms with Crippen LogP contribution >= 0.6 is 0 Å². The third kappa shape index (κ3) is 5.36. The van der Waals surface area contributed by atoms with Gasteiger partial charge in [0, 0.05) is 12.3 Å². The van der Waals surface area contributed by atoms with E-state index in [4.69, 9.17) is 4.74 Å². The van der Waals surface area contributed by atoms with Gasteiger partial charge in [-0.1, -0.05) is 51.7 Å². The van der Waals surface area contributed by atoms with Crippen LogP contribution < -0.4 is 4.74 Å². The molecule has 0 bridgehead atoms. The second-order valence-corrected chi connectivity index (χ2v) is 5.39. The van der Waals surface area contributed by atoms with Crippen LogP contribution in [0.25, 0.3) is 0 Å². The number of ketones is 1. The van der Waals surface area contributed by atoms with Crippen molar-refractivity contribution in [1.82, 2.24) is 0 Å². The van der Waals surface area contributed by atoms with E-state index >= 15 is 0 Å². The van der Waals surface area contributed by atoms with E-state index in [1.807, 2.05) is 18.2 Å².